The van der Waals surface area contributed by atoms with Crippen molar-refractivity contribution in [2.45, 2.75) is 6.54 Å². The maximum absolute atomic E-state index is 10.8. The van der Waals surface area contributed by atoms with Gasteiger partial charge in [-0.3, -0.25) is 10.1 Å². The lowest BCUT2D eigenvalue weighted by molar-refractivity contribution is -0.384. The fourth-order valence-electron chi connectivity index (χ4n) is 1.88. The highest BCUT2D eigenvalue weighted by atomic mass is 16.6. The average Bonchev–Trinajstić information content (AvgIpc) is 2.53. The van der Waals surface area contributed by atoms with Crippen LogP contribution in [0.15, 0.2) is 42.5 Å². The zero-order chi connectivity index (χ0) is 15.2. The summed E-state index contributed by atoms with van der Waals surface area (Å²) in [4.78, 5) is 10.4. The van der Waals surface area contributed by atoms with Crippen molar-refractivity contribution < 1.29 is 9.66 Å². The fourth-order valence-corrected chi connectivity index (χ4v) is 1.88. The molecule has 0 radical (unpaired) electrons. The van der Waals surface area contributed by atoms with E-state index >= 15 is 0 Å². The first-order chi connectivity index (χ1) is 10.1. The van der Waals surface area contributed by atoms with Crippen molar-refractivity contribution in [3.05, 3.63) is 63.7 Å². The fraction of sp³-hybridized carbons (Fsp3) is 0.133. The number of hydrogen-bond acceptors (Lipinski definition) is 5. The molecule has 0 aliphatic carbocycles. The van der Waals surface area contributed by atoms with Gasteiger partial charge in [0.15, 0.2) is 0 Å². The second-order valence-corrected chi connectivity index (χ2v) is 4.30. The number of anilines is 1. The molecule has 0 amide bonds. The third-order valence-corrected chi connectivity index (χ3v) is 2.97. The molecule has 0 aromatic heterocycles. The second-order valence-electron chi connectivity index (χ2n) is 4.30. The summed E-state index contributed by atoms with van der Waals surface area (Å²) in [5.74, 6) is 0.585. The number of ether oxygens (including phenoxy) is 1. The summed E-state index contributed by atoms with van der Waals surface area (Å²) in [6.07, 6.45) is 0. The maximum atomic E-state index is 10.8. The highest BCUT2D eigenvalue weighted by molar-refractivity contribution is 5.50. The first kappa shape index (κ1) is 14.3. The topological polar surface area (TPSA) is 88.2 Å². The van der Waals surface area contributed by atoms with E-state index in [1.165, 1.54) is 19.2 Å². The highest BCUT2D eigenvalue weighted by Gasteiger charge is 2.11. The number of nitro benzene ring substituents is 1. The molecule has 6 nitrogen and oxygen atoms in total. The van der Waals surface area contributed by atoms with Crippen LogP contribution < -0.4 is 10.1 Å². The van der Waals surface area contributed by atoms with Crippen LogP contribution in [0.2, 0.25) is 0 Å². The number of nitro groups is 1. The minimum atomic E-state index is -0.440. The van der Waals surface area contributed by atoms with E-state index in [1.807, 2.05) is 6.07 Å². The average molecular weight is 283 g/mol. The SMILES string of the molecule is COc1ccc([N+](=O)[O-])cc1CNc1ccc(C#N)cc1. The monoisotopic (exact) mass is 283 g/mol. The van der Waals surface area contributed by atoms with Gasteiger partial charge in [-0.2, -0.15) is 5.26 Å². The van der Waals surface area contributed by atoms with Crippen molar-refractivity contribution in [2.24, 2.45) is 0 Å². The van der Waals surface area contributed by atoms with E-state index < -0.39 is 4.92 Å². The molecule has 0 bridgehead atoms. The van der Waals surface area contributed by atoms with Gasteiger partial charge in [0, 0.05) is 29.9 Å². The molecule has 0 saturated carbocycles. The lowest BCUT2D eigenvalue weighted by Gasteiger charge is -2.10. The Balaban J connectivity index is 2.16. The van der Waals surface area contributed by atoms with E-state index in [0.717, 1.165) is 5.69 Å². The Morgan fingerprint density at radius 3 is 2.57 bits per heavy atom. The summed E-state index contributed by atoms with van der Waals surface area (Å²) < 4.78 is 5.20. The van der Waals surface area contributed by atoms with Gasteiger partial charge < -0.3 is 10.1 Å². The van der Waals surface area contributed by atoms with Crippen LogP contribution in [-0.2, 0) is 6.54 Å². The molecule has 21 heavy (non-hydrogen) atoms. The molecule has 0 unspecified atom stereocenters. The van der Waals surface area contributed by atoms with Crippen LogP contribution in [0, 0.1) is 21.4 Å². The number of nitrogens with one attached hydrogen (secondary N) is 1. The standard InChI is InChI=1S/C15H13N3O3/c1-21-15-7-6-14(18(19)20)8-12(15)10-17-13-4-2-11(9-16)3-5-13/h2-8,17H,10H2,1H3. The van der Waals surface area contributed by atoms with Crippen molar-refractivity contribution >= 4 is 11.4 Å². The Labute approximate surface area is 121 Å². The summed E-state index contributed by atoms with van der Waals surface area (Å²) >= 11 is 0. The van der Waals surface area contributed by atoms with Crippen LogP contribution in [0.25, 0.3) is 0 Å². The molecule has 0 aliphatic rings. The summed E-state index contributed by atoms with van der Waals surface area (Å²) in [6.45, 7) is 0.386. The molecule has 2 aromatic rings. The van der Waals surface area contributed by atoms with E-state index in [1.54, 1.807) is 30.3 Å². The predicted molar refractivity (Wildman–Crippen MR) is 78.1 cm³/mol. The van der Waals surface area contributed by atoms with Crippen LogP contribution in [0.1, 0.15) is 11.1 Å². The smallest absolute Gasteiger partial charge is 0.270 e. The molecule has 0 heterocycles. The summed E-state index contributed by atoms with van der Waals surface area (Å²) in [5, 5.41) is 22.7. The number of benzene rings is 2. The Hall–Kier alpha value is -3.07. The number of hydrogen-bond donors (Lipinski definition) is 1. The van der Waals surface area contributed by atoms with Crippen LogP contribution in [0.3, 0.4) is 0 Å². The van der Waals surface area contributed by atoms with Gasteiger partial charge in [-0.1, -0.05) is 0 Å². The summed E-state index contributed by atoms with van der Waals surface area (Å²) in [5.41, 5.74) is 2.11. The van der Waals surface area contributed by atoms with Crippen molar-refractivity contribution in [3.8, 4) is 11.8 Å². The number of nitriles is 1. The van der Waals surface area contributed by atoms with Gasteiger partial charge in [0.05, 0.1) is 23.7 Å². The number of rotatable bonds is 5. The van der Waals surface area contributed by atoms with E-state index in [0.29, 0.717) is 23.4 Å². The molecule has 0 spiro atoms. The number of nitrogens with zero attached hydrogens (tertiary/aromatic N) is 2. The molecule has 0 saturated heterocycles. The third kappa shape index (κ3) is 3.48. The van der Waals surface area contributed by atoms with Gasteiger partial charge in [-0.15, -0.1) is 0 Å². The lowest BCUT2D eigenvalue weighted by atomic mass is 10.1. The van der Waals surface area contributed by atoms with Crippen molar-refractivity contribution in [1.29, 1.82) is 5.26 Å². The van der Waals surface area contributed by atoms with E-state index in [2.05, 4.69) is 5.32 Å². The second kappa shape index (κ2) is 6.39. The lowest BCUT2D eigenvalue weighted by Crippen LogP contribution is -2.02. The molecule has 2 aromatic carbocycles. The van der Waals surface area contributed by atoms with Gasteiger partial charge in [-0.25, -0.2) is 0 Å². The summed E-state index contributed by atoms with van der Waals surface area (Å²) in [7, 11) is 1.52. The van der Waals surface area contributed by atoms with Crippen molar-refractivity contribution in [2.75, 3.05) is 12.4 Å². The van der Waals surface area contributed by atoms with Gasteiger partial charge in [0.2, 0.25) is 0 Å². The Bertz CT molecular complexity index is 690. The van der Waals surface area contributed by atoms with Crippen molar-refractivity contribution in [3.63, 3.8) is 0 Å². The quantitative estimate of drug-likeness (QED) is 0.673. The molecule has 6 heteroatoms. The van der Waals surface area contributed by atoms with E-state index in [4.69, 9.17) is 10.00 Å². The minimum Gasteiger partial charge on any atom is -0.496 e. The van der Waals surface area contributed by atoms with Crippen LogP contribution >= 0.6 is 0 Å². The van der Waals surface area contributed by atoms with Gasteiger partial charge in [0.1, 0.15) is 5.75 Å². The van der Waals surface area contributed by atoms with E-state index in [-0.39, 0.29) is 5.69 Å². The Morgan fingerprint density at radius 1 is 1.29 bits per heavy atom. The predicted octanol–water partition coefficient (Wildman–Crippen LogP) is 3.09. The molecule has 0 fully saturated rings. The van der Waals surface area contributed by atoms with Crippen LogP contribution in [0.4, 0.5) is 11.4 Å². The molecule has 1 N–H and O–H groups in total. The molecule has 2 rings (SSSR count). The maximum Gasteiger partial charge on any atom is 0.270 e. The Morgan fingerprint density at radius 2 is 2.00 bits per heavy atom. The first-order valence-corrected chi connectivity index (χ1v) is 6.19. The Kier molecular flexibility index (Phi) is 4.36. The highest BCUT2D eigenvalue weighted by Crippen LogP contribution is 2.25. The van der Waals surface area contributed by atoms with Gasteiger partial charge in [0.25, 0.3) is 5.69 Å². The normalized spacial score (nSPS) is 9.71. The minimum absolute atomic E-state index is 0.0208. The molecular weight excluding hydrogens is 270 g/mol. The largest absolute Gasteiger partial charge is 0.496 e. The number of methoxy groups -OCH3 is 1. The molecule has 106 valence electrons. The van der Waals surface area contributed by atoms with E-state index in [9.17, 15) is 10.1 Å². The summed E-state index contributed by atoms with van der Waals surface area (Å²) in [6, 6.07) is 13.5. The number of non-ortho nitro benzene ring substituents is 1. The van der Waals surface area contributed by atoms with Crippen molar-refractivity contribution in [1.82, 2.24) is 0 Å². The third-order valence-electron chi connectivity index (χ3n) is 2.97. The molecule has 0 aliphatic heterocycles. The van der Waals surface area contributed by atoms with Gasteiger partial charge in [-0.05, 0) is 30.3 Å². The zero-order valence-electron chi connectivity index (χ0n) is 11.4. The van der Waals surface area contributed by atoms with Gasteiger partial charge >= 0.3 is 0 Å². The molecule has 0 atom stereocenters. The van der Waals surface area contributed by atoms with Crippen LogP contribution in [-0.4, -0.2) is 12.0 Å². The first-order valence-electron chi connectivity index (χ1n) is 6.19. The molecular formula is C15H13N3O3. The van der Waals surface area contributed by atoms with Crippen LogP contribution in [0.5, 0.6) is 5.75 Å². The zero-order valence-corrected chi connectivity index (χ0v) is 11.4.